The largest absolute Gasteiger partial charge is 0.457 e. The van der Waals surface area contributed by atoms with Crippen molar-refractivity contribution in [2.75, 3.05) is 18.8 Å². The first kappa shape index (κ1) is 17.7. The second kappa shape index (κ2) is 7.56. The lowest BCUT2D eigenvalue weighted by molar-refractivity contribution is 0.449. The second-order valence-electron chi connectivity index (χ2n) is 7.37. The van der Waals surface area contributed by atoms with Gasteiger partial charge in [-0.3, -0.25) is 0 Å². The Labute approximate surface area is 169 Å². The van der Waals surface area contributed by atoms with Crippen LogP contribution in [0.25, 0.3) is 16.6 Å². The predicted octanol–water partition coefficient (Wildman–Crippen LogP) is 4.24. The van der Waals surface area contributed by atoms with Crippen molar-refractivity contribution in [2.24, 2.45) is 0 Å². The number of hydrogen-bond acceptors (Lipinski definition) is 5. The Balaban J connectivity index is 1.52. The highest BCUT2D eigenvalue weighted by atomic mass is 16.5. The number of anilines is 1. The average molecular weight is 385 g/mol. The van der Waals surface area contributed by atoms with Crippen molar-refractivity contribution in [3.8, 4) is 22.6 Å². The molecule has 0 saturated carbocycles. The van der Waals surface area contributed by atoms with Gasteiger partial charge in [-0.2, -0.15) is 5.10 Å². The molecule has 3 N–H and O–H groups in total. The lowest BCUT2D eigenvalue weighted by atomic mass is 9.95. The third-order valence-electron chi connectivity index (χ3n) is 5.47. The van der Waals surface area contributed by atoms with Crippen LogP contribution in [0, 0.1) is 0 Å². The summed E-state index contributed by atoms with van der Waals surface area (Å²) in [5.74, 6) is 2.53. The minimum absolute atomic E-state index is 0.417. The first-order chi connectivity index (χ1) is 14.3. The number of para-hydroxylation sites is 1. The highest BCUT2D eigenvalue weighted by Gasteiger charge is 2.23. The van der Waals surface area contributed by atoms with E-state index in [9.17, 15) is 0 Å². The Bertz CT molecular complexity index is 1120. The predicted molar refractivity (Wildman–Crippen MR) is 114 cm³/mol. The molecular weight excluding hydrogens is 362 g/mol. The molecule has 1 atom stereocenters. The zero-order valence-corrected chi connectivity index (χ0v) is 16.1. The topological polar surface area (TPSA) is 77.5 Å². The summed E-state index contributed by atoms with van der Waals surface area (Å²) in [6, 6.07) is 20.1. The monoisotopic (exact) mass is 385 g/mol. The minimum Gasteiger partial charge on any atom is -0.457 e. The van der Waals surface area contributed by atoms with Crippen molar-refractivity contribution in [2.45, 2.75) is 18.8 Å². The van der Waals surface area contributed by atoms with Gasteiger partial charge < -0.3 is 15.8 Å². The molecule has 1 aliphatic heterocycles. The number of nitrogens with two attached hydrogens (primary N) is 1. The van der Waals surface area contributed by atoms with E-state index in [1.807, 2.05) is 47.0 Å². The van der Waals surface area contributed by atoms with Crippen molar-refractivity contribution >= 4 is 11.3 Å². The molecule has 146 valence electrons. The molecule has 1 saturated heterocycles. The SMILES string of the molecule is Nc1ncnn2c(C3CCCNC3)cc(-c3ccc(Oc4ccccc4)cc3)c12. The summed E-state index contributed by atoms with van der Waals surface area (Å²) >= 11 is 0. The number of rotatable bonds is 4. The maximum Gasteiger partial charge on any atom is 0.151 e. The highest BCUT2D eigenvalue weighted by molar-refractivity contribution is 5.88. The van der Waals surface area contributed by atoms with E-state index in [4.69, 9.17) is 10.5 Å². The van der Waals surface area contributed by atoms with Gasteiger partial charge in [0.05, 0.1) is 0 Å². The zero-order valence-electron chi connectivity index (χ0n) is 16.1. The second-order valence-corrected chi connectivity index (χ2v) is 7.37. The third-order valence-corrected chi connectivity index (χ3v) is 5.47. The van der Waals surface area contributed by atoms with Crippen molar-refractivity contribution in [1.82, 2.24) is 19.9 Å². The number of hydrogen-bond donors (Lipinski definition) is 2. The summed E-state index contributed by atoms with van der Waals surface area (Å²) < 4.78 is 7.88. The summed E-state index contributed by atoms with van der Waals surface area (Å²) in [6.07, 6.45) is 3.84. The van der Waals surface area contributed by atoms with Crippen LogP contribution in [0.1, 0.15) is 24.5 Å². The van der Waals surface area contributed by atoms with E-state index in [2.05, 4.69) is 33.6 Å². The van der Waals surface area contributed by atoms with Gasteiger partial charge in [0.15, 0.2) is 5.82 Å². The van der Waals surface area contributed by atoms with E-state index in [1.165, 1.54) is 18.4 Å². The van der Waals surface area contributed by atoms with E-state index in [-0.39, 0.29) is 0 Å². The van der Waals surface area contributed by atoms with Gasteiger partial charge in [-0.05, 0) is 55.3 Å². The third kappa shape index (κ3) is 3.43. The number of nitrogens with zero attached hydrogens (tertiary/aromatic N) is 3. The standard InChI is InChI=1S/C23H23N5O/c24-23-22-20(13-21(28(22)27-15-26-23)17-5-4-12-25-14-17)16-8-10-19(11-9-16)29-18-6-2-1-3-7-18/h1-3,6-11,13,15,17,25H,4-5,12,14H2,(H2,24,26,27). The van der Waals surface area contributed by atoms with E-state index >= 15 is 0 Å². The molecule has 3 heterocycles. The van der Waals surface area contributed by atoms with Gasteiger partial charge in [0.1, 0.15) is 23.3 Å². The fourth-order valence-corrected chi connectivity index (χ4v) is 4.03. The fraction of sp³-hybridized carbons (Fsp3) is 0.217. The van der Waals surface area contributed by atoms with Gasteiger partial charge in [0.2, 0.25) is 0 Å². The summed E-state index contributed by atoms with van der Waals surface area (Å²) in [7, 11) is 0. The number of piperidine rings is 1. The Morgan fingerprint density at radius 2 is 1.83 bits per heavy atom. The van der Waals surface area contributed by atoms with Gasteiger partial charge in [-0.1, -0.05) is 30.3 Å². The van der Waals surface area contributed by atoms with Gasteiger partial charge in [0.25, 0.3) is 0 Å². The molecule has 5 rings (SSSR count). The lowest BCUT2D eigenvalue weighted by Crippen LogP contribution is -2.29. The van der Waals surface area contributed by atoms with Crippen molar-refractivity contribution < 1.29 is 4.74 Å². The molecule has 29 heavy (non-hydrogen) atoms. The smallest absolute Gasteiger partial charge is 0.151 e. The molecule has 1 unspecified atom stereocenters. The number of aromatic nitrogens is 3. The lowest BCUT2D eigenvalue weighted by Gasteiger charge is -2.22. The molecule has 0 aliphatic carbocycles. The number of nitrogen functional groups attached to an aromatic ring is 1. The Kier molecular flexibility index (Phi) is 4.62. The maximum absolute atomic E-state index is 6.26. The normalized spacial score (nSPS) is 16.8. The molecular formula is C23H23N5O. The highest BCUT2D eigenvalue weighted by Crippen LogP contribution is 2.35. The molecule has 0 amide bonds. The van der Waals surface area contributed by atoms with Crippen LogP contribution in [-0.2, 0) is 0 Å². The molecule has 6 nitrogen and oxygen atoms in total. The first-order valence-corrected chi connectivity index (χ1v) is 9.96. The zero-order chi connectivity index (χ0) is 19.6. The van der Waals surface area contributed by atoms with Gasteiger partial charge in [-0.15, -0.1) is 0 Å². The average Bonchev–Trinajstić information content (AvgIpc) is 3.17. The van der Waals surface area contributed by atoms with Crippen LogP contribution in [0.2, 0.25) is 0 Å². The maximum atomic E-state index is 6.26. The summed E-state index contributed by atoms with van der Waals surface area (Å²) in [5, 5.41) is 8.00. The molecule has 2 aromatic carbocycles. The first-order valence-electron chi connectivity index (χ1n) is 9.96. The van der Waals surface area contributed by atoms with Crippen LogP contribution < -0.4 is 15.8 Å². The van der Waals surface area contributed by atoms with Crippen molar-refractivity contribution in [3.05, 3.63) is 72.7 Å². The summed E-state index contributed by atoms with van der Waals surface area (Å²) in [5.41, 5.74) is 10.4. The fourth-order valence-electron chi connectivity index (χ4n) is 4.03. The molecule has 1 aliphatic rings. The van der Waals surface area contributed by atoms with E-state index < -0.39 is 0 Å². The Morgan fingerprint density at radius 3 is 2.59 bits per heavy atom. The van der Waals surface area contributed by atoms with E-state index in [0.717, 1.165) is 47.7 Å². The number of nitrogens with one attached hydrogen (secondary N) is 1. The van der Waals surface area contributed by atoms with Crippen LogP contribution in [0.3, 0.4) is 0 Å². The van der Waals surface area contributed by atoms with Crippen LogP contribution in [0.4, 0.5) is 5.82 Å². The quantitative estimate of drug-likeness (QED) is 0.549. The van der Waals surface area contributed by atoms with E-state index in [1.54, 1.807) is 0 Å². The molecule has 6 heteroatoms. The Hall–Kier alpha value is -3.38. The van der Waals surface area contributed by atoms with Crippen molar-refractivity contribution in [3.63, 3.8) is 0 Å². The molecule has 0 bridgehead atoms. The minimum atomic E-state index is 0.417. The van der Waals surface area contributed by atoms with Gasteiger partial charge in [-0.25, -0.2) is 9.50 Å². The molecule has 1 fully saturated rings. The van der Waals surface area contributed by atoms with Crippen LogP contribution >= 0.6 is 0 Å². The molecule has 0 spiro atoms. The summed E-state index contributed by atoms with van der Waals surface area (Å²) in [6.45, 7) is 2.03. The van der Waals surface area contributed by atoms with Crippen LogP contribution in [-0.4, -0.2) is 27.7 Å². The Morgan fingerprint density at radius 1 is 1.03 bits per heavy atom. The molecule has 2 aromatic heterocycles. The molecule has 0 radical (unpaired) electrons. The van der Waals surface area contributed by atoms with Gasteiger partial charge >= 0.3 is 0 Å². The van der Waals surface area contributed by atoms with Gasteiger partial charge in [0, 0.05) is 23.7 Å². The number of ether oxygens (including phenoxy) is 1. The van der Waals surface area contributed by atoms with E-state index in [0.29, 0.717) is 11.7 Å². The molecule has 4 aromatic rings. The van der Waals surface area contributed by atoms with Crippen molar-refractivity contribution in [1.29, 1.82) is 0 Å². The number of fused-ring (bicyclic) bond motifs is 1. The van der Waals surface area contributed by atoms with Crippen LogP contribution in [0.15, 0.2) is 67.0 Å². The van der Waals surface area contributed by atoms with Crippen LogP contribution in [0.5, 0.6) is 11.5 Å². The summed E-state index contributed by atoms with van der Waals surface area (Å²) in [4.78, 5) is 4.23. The number of benzene rings is 2.